The van der Waals surface area contributed by atoms with E-state index in [9.17, 15) is 14.0 Å². The fourth-order valence-electron chi connectivity index (χ4n) is 2.20. The van der Waals surface area contributed by atoms with Crippen molar-refractivity contribution < 1.29 is 19.1 Å². The normalized spacial score (nSPS) is 18.4. The van der Waals surface area contributed by atoms with Crippen LogP contribution in [0.15, 0.2) is 24.3 Å². The zero-order chi connectivity index (χ0) is 13.8. The van der Waals surface area contributed by atoms with Gasteiger partial charge in [0, 0.05) is 24.8 Å². The number of carbonyl (C=O) groups excluding carboxylic acids is 1. The lowest BCUT2D eigenvalue weighted by molar-refractivity contribution is -0.140. The van der Waals surface area contributed by atoms with Gasteiger partial charge in [-0.1, -0.05) is 6.07 Å². The first-order chi connectivity index (χ1) is 9.04. The second-order valence-electron chi connectivity index (χ2n) is 4.55. The first-order valence-corrected chi connectivity index (χ1v) is 6.06. The van der Waals surface area contributed by atoms with Gasteiger partial charge in [-0.05, 0) is 24.6 Å². The van der Waals surface area contributed by atoms with Gasteiger partial charge in [0.1, 0.15) is 12.2 Å². The Kier molecular flexibility index (Phi) is 3.99. The molecule has 0 aliphatic carbocycles. The van der Waals surface area contributed by atoms with E-state index in [-0.39, 0.29) is 11.9 Å². The number of halogens is 1. The standard InChI is InChI=1S/C13H15FN2O3/c14-9-2-1-3-11(6-9)16-5-4-10(8-16)15-12(17)7-13(18)19/h1-3,6,10H,4-5,7-8H2,(H,15,17)(H,18,19). The van der Waals surface area contributed by atoms with Crippen molar-refractivity contribution in [3.8, 4) is 0 Å². The zero-order valence-corrected chi connectivity index (χ0v) is 10.3. The van der Waals surface area contributed by atoms with Gasteiger partial charge in [-0.2, -0.15) is 0 Å². The molecule has 0 aromatic heterocycles. The number of benzene rings is 1. The maximum absolute atomic E-state index is 13.1. The molecule has 1 aliphatic heterocycles. The fraction of sp³-hybridized carbons (Fsp3) is 0.385. The van der Waals surface area contributed by atoms with Gasteiger partial charge in [-0.15, -0.1) is 0 Å². The molecule has 0 bridgehead atoms. The first kappa shape index (κ1) is 13.3. The molecule has 1 aromatic carbocycles. The van der Waals surface area contributed by atoms with Crippen molar-refractivity contribution in [3.63, 3.8) is 0 Å². The summed E-state index contributed by atoms with van der Waals surface area (Å²) in [5, 5.41) is 11.2. The minimum atomic E-state index is -1.14. The molecule has 0 spiro atoms. The maximum atomic E-state index is 13.1. The molecule has 1 saturated heterocycles. The van der Waals surface area contributed by atoms with Crippen LogP contribution in [-0.4, -0.2) is 36.1 Å². The van der Waals surface area contributed by atoms with Gasteiger partial charge in [0.15, 0.2) is 0 Å². The predicted octanol–water partition coefficient (Wildman–Crippen LogP) is 0.995. The van der Waals surface area contributed by atoms with E-state index in [4.69, 9.17) is 5.11 Å². The van der Waals surface area contributed by atoms with Crippen LogP contribution in [0.25, 0.3) is 0 Å². The highest BCUT2D eigenvalue weighted by Gasteiger charge is 2.24. The molecule has 6 heteroatoms. The van der Waals surface area contributed by atoms with Gasteiger partial charge in [-0.25, -0.2) is 4.39 Å². The molecular weight excluding hydrogens is 251 g/mol. The van der Waals surface area contributed by atoms with Crippen molar-refractivity contribution in [2.45, 2.75) is 18.9 Å². The third kappa shape index (κ3) is 3.67. The number of carbonyl (C=O) groups is 2. The number of nitrogens with zero attached hydrogens (tertiary/aromatic N) is 1. The summed E-state index contributed by atoms with van der Waals surface area (Å²) in [6, 6.07) is 6.19. The number of anilines is 1. The van der Waals surface area contributed by atoms with Crippen LogP contribution in [0.2, 0.25) is 0 Å². The fourth-order valence-corrected chi connectivity index (χ4v) is 2.20. The second-order valence-corrected chi connectivity index (χ2v) is 4.55. The van der Waals surface area contributed by atoms with Crippen LogP contribution >= 0.6 is 0 Å². The van der Waals surface area contributed by atoms with Crippen LogP contribution < -0.4 is 10.2 Å². The molecule has 19 heavy (non-hydrogen) atoms. The summed E-state index contributed by atoms with van der Waals surface area (Å²) in [6.45, 7) is 1.27. The Morgan fingerprint density at radius 2 is 2.26 bits per heavy atom. The number of carboxylic acid groups (broad SMARTS) is 1. The number of nitrogens with one attached hydrogen (secondary N) is 1. The third-order valence-electron chi connectivity index (χ3n) is 3.04. The van der Waals surface area contributed by atoms with E-state index in [1.807, 2.05) is 11.0 Å². The van der Waals surface area contributed by atoms with Crippen LogP contribution in [0, 0.1) is 5.82 Å². The molecule has 1 amide bonds. The van der Waals surface area contributed by atoms with Gasteiger partial charge < -0.3 is 15.3 Å². The molecule has 102 valence electrons. The van der Waals surface area contributed by atoms with E-state index in [0.717, 1.165) is 12.1 Å². The van der Waals surface area contributed by atoms with Crippen molar-refractivity contribution in [3.05, 3.63) is 30.1 Å². The second kappa shape index (κ2) is 5.69. The Balaban J connectivity index is 1.89. The van der Waals surface area contributed by atoms with Crippen LogP contribution in [-0.2, 0) is 9.59 Å². The lowest BCUT2D eigenvalue weighted by atomic mass is 10.2. The number of carboxylic acids is 1. The Hall–Kier alpha value is -2.11. The van der Waals surface area contributed by atoms with Crippen molar-refractivity contribution in [2.24, 2.45) is 0 Å². The van der Waals surface area contributed by atoms with Gasteiger partial charge in [0.05, 0.1) is 0 Å². The Labute approximate surface area is 110 Å². The van der Waals surface area contributed by atoms with E-state index in [1.54, 1.807) is 6.07 Å². The maximum Gasteiger partial charge on any atom is 0.312 e. The van der Waals surface area contributed by atoms with E-state index >= 15 is 0 Å². The molecular formula is C13H15FN2O3. The Morgan fingerprint density at radius 1 is 1.47 bits per heavy atom. The Morgan fingerprint density at radius 3 is 2.95 bits per heavy atom. The smallest absolute Gasteiger partial charge is 0.312 e. The molecule has 2 N–H and O–H groups in total. The molecule has 1 fully saturated rings. The molecule has 1 heterocycles. The number of hydrogen-bond acceptors (Lipinski definition) is 3. The van der Waals surface area contributed by atoms with E-state index in [2.05, 4.69) is 5.32 Å². The molecule has 1 aromatic rings. The van der Waals surface area contributed by atoms with Crippen LogP contribution in [0.5, 0.6) is 0 Å². The van der Waals surface area contributed by atoms with E-state index < -0.39 is 18.3 Å². The summed E-state index contributed by atoms with van der Waals surface area (Å²) >= 11 is 0. The average Bonchev–Trinajstić information content (AvgIpc) is 2.76. The summed E-state index contributed by atoms with van der Waals surface area (Å²) in [4.78, 5) is 23.7. The molecule has 1 unspecified atom stereocenters. The summed E-state index contributed by atoms with van der Waals surface area (Å²) in [7, 11) is 0. The van der Waals surface area contributed by atoms with E-state index in [0.29, 0.717) is 13.1 Å². The lowest BCUT2D eigenvalue weighted by Crippen LogP contribution is -2.37. The summed E-state index contributed by atoms with van der Waals surface area (Å²) < 4.78 is 13.1. The summed E-state index contributed by atoms with van der Waals surface area (Å²) in [5.74, 6) is -1.92. The topological polar surface area (TPSA) is 69.6 Å². The SMILES string of the molecule is O=C(O)CC(=O)NC1CCN(c2cccc(F)c2)C1. The predicted molar refractivity (Wildman–Crippen MR) is 67.4 cm³/mol. The molecule has 0 radical (unpaired) electrons. The van der Waals surface area contributed by atoms with Crippen LogP contribution in [0.4, 0.5) is 10.1 Å². The Bertz CT molecular complexity index is 493. The largest absolute Gasteiger partial charge is 0.481 e. The first-order valence-electron chi connectivity index (χ1n) is 6.06. The van der Waals surface area contributed by atoms with Gasteiger partial charge in [-0.3, -0.25) is 9.59 Å². The lowest BCUT2D eigenvalue weighted by Gasteiger charge is -2.19. The minimum Gasteiger partial charge on any atom is -0.481 e. The number of rotatable bonds is 4. The highest BCUT2D eigenvalue weighted by molar-refractivity contribution is 5.93. The summed E-state index contributed by atoms with van der Waals surface area (Å²) in [5.41, 5.74) is 0.773. The van der Waals surface area contributed by atoms with Gasteiger partial charge >= 0.3 is 5.97 Å². The average molecular weight is 266 g/mol. The molecule has 1 aliphatic rings. The molecule has 5 nitrogen and oxygen atoms in total. The van der Waals surface area contributed by atoms with Crippen LogP contribution in [0.3, 0.4) is 0 Å². The molecule has 2 rings (SSSR count). The highest BCUT2D eigenvalue weighted by Crippen LogP contribution is 2.21. The minimum absolute atomic E-state index is 0.0879. The van der Waals surface area contributed by atoms with E-state index in [1.165, 1.54) is 12.1 Å². The number of amides is 1. The zero-order valence-electron chi connectivity index (χ0n) is 10.3. The number of aliphatic carboxylic acids is 1. The van der Waals surface area contributed by atoms with Gasteiger partial charge in [0.25, 0.3) is 0 Å². The number of hydrogen-bond donors (Lipinski definition) is 2. The quantitative estimate of drug-likeness (QED) is 0.798. The van der Waals surface area contributed by atoms with Crippen molar-refractivity contribution >= 4 is 17.6 Å². The van der Waals surface area contributed by atoms with Crippen molar-refractivity contribution in [1.82, 2.24) is 5.32 Å². The summed E-state index contributed by atoms with van der Waals surface area (Å²) in [6.07, 6.45) is 0.207. The van der Waals surface area contributed by atoms with Gasteiger partial charge in [0.2, 0.25) is 5.91 Å². The van der Waals surface area contributed by atoms with Crippen LogP contribution in [0.1, 0.15) is 12.8 Å². The highest BCUT2D eigenvalue weighted by atomic mass is 19.1. The van der Waals surface area contributed by atoms with Crippen molar-refractivity contribution in [2.75, 3.05) is 18.0 Å². The third-order valence-corrected chi connectivity index (χ3v) is 3.04. The van der Waals surface area contributed by atoms with Crippen molar-refractivity contribution in [1.29, 1.82) is 0 Å². The molecule has 0 saturated carbocycles. The monoisotopic (exact) mass is 266 g/mol. The molecule has 1 atom stereocenters.